The lowest BCUT2D eigenvalue weighted by Gasteiger charge is -2.01. The third-order valence-electron chi connectivity index (χ3n) is 0.722. The van der Waals surface area contributed by atoms with Gasteiger partial charge in [-0.3, -0.25) is 0 Å². The second kappa shape index (κ2) is 7.00. The number of rotatable bonds is 0. The molecule has 2 unspecified atom stereocenters. The number of aliphatic hydroxyl groups is 2. The molecule has 1 rings (SSSR count). The van der Waals surface area contributed by atoms with Gasteiger partial charge in [-0.2, -0.15) is 25.3 Å². The van der Waals surface area contributed by atoms with Gasteiger partial charge in [-0.05, 0) is 0 Å². The van der Waals surface area contributed by atoms with E-state index >= 15 is 0 Å². The van der Waals surface area contributed by atoms with Crippen molar-refractivity contribution >= 4 is 48.8 Å². The van der Waals surface area contributed by atoms with Gasteiger partial charge in [0.2, 0.25) is 0 Å². The lowest BCUT2D eigenvalue weighted by Crippen LogP contribution is -2.11. The van der Waals surface area contributed by atoms with E-state index in [1.54, 1.807) is 0 Å². The monoisotopic (exact) mass is 218 g/mol. The lowest BCUT2D eigenvalue weighted by atomic mass is 10.8. The SMILES string of the molecule is OC1SCSC1O.SCS. The van der Waals surface area contributed by atoms with Crippen LogP contribution in [0.2, 0.25) is 0 Å². The van der Waals surface area contributed by atoms with Crippen molar-refractivity contribution in [1.82, 2.24) is 0 Å². The molecule has 0 spiro atoms. The van der Waals surface area contributed by atoms with Crippen LogP contribution in [0.1, 0.15) is 0 Å². The molecule has 0 saturated carbocycles. The first kappa shape index (κ1) is 11.3. The first-order valence-electron chi connectivity index (χ1n) is 2.53. The van der Waals surface area contributed by atoms with Crippen molar-refractivity contribution in [2.24, 2.45) is 0 Å². The fourth-order valence-corrected chi connectivity index (χ4v) is 2.57. The summed E-state index contributed by atoms with van der Waals surface area (Å²) in [7, 11) is 0. The Morgan fingerprint density at radius 1 is 1.20 bits per heavy atom. The van der Waals surface area contributed by atoms with Crippen LogP contribution in [0.3, 0.4) is 0 Å². The van der Waals surface area contributed by atoms with Crippen LogP contribution in [0.4, 0.5) is 0 Å². The number of thiol groups is 2. The van der Waals surface area contributed by atoms with E-state index in [1.807, 2.05) is 0 Å². The van der Waals surface area contributed by atoms with Crippen molar-refractivity contribution < 1.29 is 10.2 Å². The molecular weight excluding hydrogens is 208 g/mol. The number of aliphatic hydroxyl groups excluding tert-OH is 2. The Balaban J connectivity index is 0.000000236. The van der Waals surface area contributed by atoms with E-state index in [0.717, 1.165) is 5.08 Å². The molecule has 2 atom stereocenters. The first-order chi connectivity index (χ1) is 4.72. The maximum atomic E-state index is 8.69. The molecule has 1 aliphatic rings. The summed E-state index contributed by atoms with van der Waals surface area (Å²) in [5, 5.41) is 18.8. The Kier molecular flexibility index (Phi) is 7.92. The van der Waals surface area contributed by atoms with Gasteiger partial charge in [0.25, 0.3) is 0 Å². The van der Waals surface area contributed by atoms with Gasteiger partial charge in [-0.1, -0.05) is 0 Å². The average molecular weight is 218 g/mol. The molecule has 0 bridgehead atoms. The van der Waals surface area contributed by atoms with Crippen molar-refractivity contribution in [3.8, 4) is 0 Å². The molecule has 1 aliphatic heterocycles. The predicted octanol–water partition coefficient (Wildman–Crippen LogP) is 0.864. The maximum absolute atomic E-state index is 8.69. The van der Waals surface area contributed by atoms with Gasteiger partial charge in [0.05, 0.1) is 0 Å². The summed E-state index contributed by atoms with van der Waals surface area (Å²) < 4.78 is 0. The maximum Gasteiger partial charge on any atom is 0.135 e. The highest BCUT2D eigenvalue weighted by molar-refractivity contribution is 8.19. The Bertz CT molecular complexity index is 73.7. The zero-order chi connectivity index (χ0) is 7.98. The number of hydrogen-bond acceptors (Lipinski definition) is 6. The lowest BCUT2D eigenvalue weighted by molar-refractivity contribution is 0.139. The van der Waals surface area contributed by atoms with Crippen LogP contribution in [-0.4, -0.2) is 31.3 Å². The minimum Gasteiger partial charge on any atom is -0.379 e. The third kappa shape index (κ3) is 5.03. The second-order valence-electron chi connectivity index (χ2n) is 1.37. The standard InChI is InChI=1S/C3H6O2S2.CH4S2/c4-2-3(5)7-1-6-2;2-1-3/h2-5H,1H2;2-3H,1H2. The molecule has 0 aromatic heterocycles. The van der Waals surface area contributed by atoms with Crippen molar-refractivity contribution in [1.29, 1.82) is 0 Å². The summed E-state index contributed by atoms with van der Waals surface area (Å²) in [5.74, 6) is 0. The minimum absolute atomic E-state index is 0.551. The summed E-state index contributed by atoms with van der Waals surface area (Å²) in [6.07, 6.45) is 0. The quantitative estimate of drug-likeness (QED) is 0.360. The van der Waals surface area contributed by atoms with Crippen molar-refractivity contribution in [2.75, 3.05) is 10.2 Å². The van der Waals surface area contributed by atoms with Gasteiger partial charge in [0.15, 0.2) is 0 Å². The summed E-state index contributed by atoms with van der Waals surface area (Å²) >= 11 is 10.1. The third-order valence-corrected chi connectivity index (χ3v) is 3.18. The van der Waals surface area contributed by atoms with E-state index in [1.165, 1.54) is 23.5 Å². The van der Waals surface area contributed by atoms with Crippen LogP contribution in [0, 0.1) is 0 Å². The van der Waals surface area contributed by atoms with Gasteiger partial charge in [-0.15, -0.1) is 23.5 Å². The van der Waals surface area contributed by atoms with Gasteiger partial charge >= 0.3 is 0 Å². The molecule has 2 nitrogen and oxygen atoms in total. The van der Waals surface area contributed by atoms with Crippen LogP contribution < -0.4 is 0 Å². The molecule has 62 valence electrons. The van der Waals surface area contributed by atoms with Crippen LogP contribution >= 0.6 is 48.8 Å². The molecule has 1 heterocycles. The molecule has 6 heteroatoms. The first-order valence-corrected chi connectivity index (χ1v) is 5.89. The highest BCUT2D eigenvalue weighted by Crippen LogP contribution is 2.32. The van der Waals surface area contributed by atoms with Gasteiger partial charge in [0, 0.05) is 10.2 Å². The molecular formula is C4H10O2S4. The van der Waals surface area contributed by atoms with Gasteiger partial charge in [0.1, 0.15) is 10.9 Å². The van der Waals surface area contributed by atoms with Crippen LogP contribution in [0.5, 0.6) is 0 Å². The molecule has 0 aliphatic carbocycles. The van der Waals surface area contributed by atoms with E-state index in [-0.39, 0.29) is 0 Å². The molecule has 0 aromatic carbocycles. The zero-order valence-electron chi connectivity index (χ0n) is 5.17. The molecule has 1 fully saturated rings. The molecule has 0 radical (unpaired) electrons. The molecule has 1 saturated heterocycles. The molecule has 10 heavy (non-hydrogen) atoms. The largest absolute Gasteiger partial charge is 0.379 e. The summed E-state index contributed by atoms with van der Waals surface area (Å²) in [4.78, 5) is 0. The van der Waals surface area contributed by atoms with Crippen molar-refractivity contribution in [3.05, 3.63) is 0 Å². The normalized spacial score (nSPS) is 31.2. The highest BCUT2D eigenvalue weighted by Gasteiger charge is 2.23. The number of thioether (sulfide) groups is 2. The average Bonchev–Trinajstić information content (AvgIpc) is 2.19. The van der Waals surface area contributed by atoms with E-state index in [2.05, 4.69) is 25.3 Å². The summed E-state index contributed by atoms with van der Waals surface area (Å²) in [6, 6.07) is 0. The highest BCUT2D eigenvalue weighted by atomic mass is 32.2. The van der Waals surface area contributed by atoms with E-state index < -0.39 is 10.9 Å². The van der Waals surface area contributed by atoms with Crippen LogP contribution in [-0.2, 0) is 0 Å². The number of hydrogen-bond donors (Lipinski definition) is 4. The van der Waals surface area contributed by atoms with Gasteiger partial charge < -0.3 is 10.2 Å². The van der Waals surface area contributed by atoms with Crippen LogP contribution in [0.25, 0.3) is 0 Å². The summed E-state index contributed by atoms with van der Waals surface area (Å²) in [5.41, 5.74) is -1.10. The van der Waals surface area contributed by atoms with Gasteiger partial charge in [-0.25, -0.2) is 0 Å². The van der Waals surface area contributed by atoms with Crippen molar-refractivity contribution in [2.45, 2.75) is 10.9 Å². The Hall–Kier alpha value is 1.32. The Labute approximate surface area is 80.0 Å². The predicted molar refractivity (Wildman–Crippen MR) is 54.9 cm³/mol. The van der Waals surface area contributed by atoms with E-state index in [9.17, 15) is 0 Å². The van der Waals surface area contributed by atoms with Crippen LogP contribution in [0.15, 0.2) is 0 Å². The zero-order valence-corrected chi connectivity index (χ0v) is 8.60. The molecule has 0 amide bonds. The molecule has 2 N–H and O–H groups in total. The Morgan fingerprint density at radius 2 is 1.50 bits per heavy atom. The Morgan fingerprint density at radius 3 is 1.60 bits per heavy atom. The minimum atomic E-state index is -0.551. The smallest absolute Gasteiger partial charge is 0.135 e. The summed E-state index contributed by atoms with van der Waals surface area (Å²) in [6.45, 7) is 0. The topological polar surface area (TPSA) is 40.5 Å². The van der Waals surface area contributed by atoms with E-state index in [4.69, 9.17) is 10.2 Å². The molecule has 0 aromatic rings. The van der Waals surface area contributed by atoms with E-state index in [0.29, 0.717) is 5.08 Å². The fourth-order valence-electron chi connectivity index (χ4n) is 0.343. The fraction of sp³-hybridized carbons (Fsp3) is 1.00. The second-order valence-corrected chi connectivity index (χ2v) is 5.08. The van der Waals surface area contributed by atoms with Crippen molar-refractivity contribution in [3.63, 3.8) is 0 Å².